The van der Waals surface area contributed by atoms with Gasteiger partial charge in [-0.3, -0.25) is 4.98 Å². The fourth-order valence-electron chi connectivity index (χ4n) is 1.06. The van der Waals surface area contributed by atoms with Gasteiger partial charge in [-0.1, -0.05) is 20.8 Å². The normalized spacial score (nSPS) is 11.8. The van der Waals surface area contributed by atoms with Crippen molar-refractivity contribution in [1.82, 2.24) is 4.98 Å². The van der Waals surface area contributed by atoms with Gasteiger partial charge in [0.15, 0.2) is 0 Å². The van der Waals surface area contributed by atoms with Crippen molar-refractivity contribution in [3.8, 4) is 0 Å². The zero-order valence-corrected chi connectivity index (χ0v) is 7.98. The van der Waals surface area contributed by atoms with E-state index in [1.165, 1.54) is 0 Å². The van der Waals surface area contributed by atoms with Crippen LogP contribution in [0.2, 0.25) is 0 Å². The minimum Gasteiger partial charge on any atom is -0.258 e. The number of nitrogens with zero attached hydrogens (tertiary/aromatic N) is 1. The highest BCUT2D eigenvalue weighted by Gasteiger charge is 2.20. The third-order valence-electron chi connectivity index (χ3n) is 1.79. The van der Waals surface area contributed by atoms with Crippen molar-refractivity contribution in [2.24, 2.45) is 0 Å². The van der Waals surface area contributed by atoms with Crippen LogP contribution in [0.3, 0.4) is 0 Å². The van der Waals surface area contributed by atoms with Gasteiger partial charge in [0.25, 0.3) is 0 Å². The molecule has 0 spiro atoms. The standard InChI is InChI=1S/C10H14FN/c1-7-5-6-12-9(8(7)11)10(2,3)4/h5-6H,1-4H3. The second-order valence-electron chi connectivity index (χ2n) is 4.04. The smallest absolute Gasteiger partial charge is 0.148 e. The molecule has 0 saturated heterocycles. The summed E-state index contributed by atoms with van der Waals surface area (Å²) in [5, 5.41) is 0. The lowest BCUT2D eigenvalue weighted by Crippen LogP contribution is -2.16. The fourth-order valence-corrected chi connectivity index (χ4v) is 1.06. The molecule has 0 bridgehead atoms. The number of aromatic nitrogens is 1. The van der Waals surface area contributed by atoms with Gasteiger partial charge >= 0.3 is 0 Å². The van der Waals surface area contributed by atoms with Gasteiger partial charge in [-0.2, -0.15) is 0 Å². The molecule has 1 aromatic rings. The van der Waals surface area contributed by atoms with E-state index in [1.54, 1.807) is 19.2 Å². The first-order chi connectivity index (χ1) is 5.43. The Labute approximate surface area is 72.6 Å². The summed E-state index contributed by atoms with van der Waals surface area (Å²) >= 11 is 0. The summed E-state index contributed by atoms with van der Waals surface area (Å²) in [6.07, 6.45) is 1.65. The highest BCUT2D eigenvalue weighted by atomic mass is 19.1. The predicted octanol–water partition coefficient (Wildman–Crippen LogP) is 2.83. The topological polar surface area (TPSA) is 12.9 Å². The van der Waals surface area contributed by atoms with Gasteiger partial charge in [0, 0.05) is 11.6 Å². The zero-order valence-electron chi connectivity index (χ0n) is 7.98. The van der Waals surface area contributed by atoms with Crippen LogP contribution in [0, 0.1) is 12.7 Å². The van der Waals surface area contributed by atoms with Crippen molar-refractivity contribution in [3.63, 3.8) is 0 Å². The van der Waals surface area contributed by atoms with Gasteiger partial charge in [-0.25, -0.2) is 4.39 Å². The lowest BCUT2D eigenvalue weighted by Gasteiger charge is -2.18. The lowest BCUT2D eigenvalue weighted by molar-refractivity contribution is 0.498. The Morgan fingerprint density at radius 3 is 2.33 bits per heavy atom. The fraction of sp³-hybridized carbons (Fsp3) is 0.500. The molecule has 0 aliphatic carbocycles. The number of hydrogen-bond acceptors (Lipinski definition) is 1. The minimum absolute atomic E-state index is 0.176. The van der Waals surface area contributed by atoms with Crippen LogP contribution in [-0.2, 0) is 5.41 Å². The summed E-state index contributed by atoms with van der Waals surface area (Å²) in [7, 11) is 0. The van der Waals surface area contributed by atoms with Crippen molar-refractivity contribution in [3.05, 3.63) is 29.3 Å². The molecule has 0 fully saturated rings. The van der Waals surface area contributed by atoms with E-state index in [9.17, 15) is 4.39 Å². The molecule has 0 radical (unpaired) electrons. The van der Waals surface area contributed by atoms with Crippen LogP contribution in [0.25, 0.3) is 0 Å². The van der Waals surface area contributed by atoms with Gasteiger partial charge in [0.05, 0.1) is 5.69 Å². The molecular formula is C10H14FN. The number of pyridine rings is 1. The van der Waals surface area contributed by atoms with E-state index in [-0.39, 0.29) is 11.2 Å². The Kier molecular flexibility index (Phi) is 2.18. The molecule has 0 saturated carbocycles. The monoisotopic (exact) mass is 167 g/mol. The molecule has 0 aliphatic heterocycles. The van der Waals surface area contributed by atoms with Crippen LogP contribution in [0.15, 0.2) is 12.3 Å². The lowest BCUT2D eigenvalue weighted by atomic mass is 9.90. The molecule has 0 atom stereocenters. The molecule has 1 aromatic heterocycles. The van der Waals surface area contributed by atoms with Gasteiger partial charge < -0.3 is 0 Å². The summed E-state index contributed by atoms with van der Waals surface area (Å²) in [5.41, 5.74) is 0.994. The van der Waals surface area contributed by atoms with Crippen LogP contribution in [0.1, 0.15) is 32.0 Å². The van der Waals surface area contributed by atoms with Gasteiger partial charge in [0.2, 0.25) is 0 Å². The first kappa shape index (κ1) is 9.17. The molecule has 1 rings (SSSR count). The molecule has 2 heteroatoms. The molecule has 0 unspecified atom stereocenters. The van der Waals surface area contributed by atoms with E-state index in [1.807, 2.05) is 20.8 Å². The van der Waals surface area contributed by atoms with Crippen molar-refractivity contribution >= 4 is 0 Å². The van der Waals surface area contributed by atoms with Crippen LogP contribution in [0.5, 0.6) is 0 Å². The Hall–Kier alpha value is -0.920. The van der Waals surface area contributed by atoms with Crippen molar-refractivity contribution in [2.45, 2.75) is 33.1 Å². The number of halogens is 1. The van der Waals surface area contributed by atoms with Crippen LogP contribution in [0.4, 0.5) is 4.39 Å². The molecule has 1 heterocycles. The first-order valence-electron chi connectivity index (χ1n) is 4.04. The van der Waals surface area contributed by atoms with E-state index in [2.05, 4.69) is 4.98 Å². The summed E-state index contributed by atoms with van der Waals surface area (Å²) < 4.78 is 13.4. The van der Waals surface area contributed by atoms with Gasteiger partial charge in [-0.15, -0.1) is 0 Å². The molecule has 0 aliphatic rings. The summed E-state index contributed by atoms with van der Waals surface area (Å²) in [5.74, 6) is -0.176. The van der Waals surface area contributed by atoms with E-state index < -0.39 is 0 Å². The molecule has 12 heavy (non-hydrogen) atoms. The maximum Gasteiger partial charge on any atom is 0.148 e. The highest BCUT2D eigenvalue weighted by Crippen LogP contribution is 2.23. The van der Waals surface area contributed by atoms with E-state index in [4.69, 9.17) is 0 Å². The van der Waals surface area contributed by atoms with Gasteiger partial charge in [-0.05, 0) is 18.6 Å². The number of rotatable bonds is 0. The largest absolute Gasteiger partial charge is 0.258 e. The molecule has 0 aromatic carbocycles. The van der Waals surface area contributed by atoms with Crippen molar-refractivity contribution < 1.29 is 4.39 Å². The number of aryl methyl sites for hydroxylation is 1. The molecule has 66 valence electrons. The predicted molar refractivity (Wildman–Crippen MR) is 47.6 cm³/mol. The molecule has 1 nitrogen and oxygen atoms in total. The highest BCUT2D eigenvalue weighted by molar-refractivity contribution is 5.22. The van der Waals surface area contributed by atoms with Crippen molar-refractivity contribution in [1.29, 1.82) is 0 Å². The Bertz CT molecular complexity index is 286. The Balaban J connectivity index is 3.26. The Morgan fingerprint density at radius 1 is 1.33 bits per heavy atom. The number of hydrogen-bond donors (Lipinski definition) is 0. The average Bonchev–Trinajstić information content (AvgIpc) is 1.92. The third-order valence-corrected chi connectivity index (χ3v) is 1.79. The maximum atomic E-state index is 13.4. The minimum atomic E-state index is -0.212. The van der Waals surface area contributed by atoms with Gasteiger partial charge in [0.1, 0.15) is 5.82 Å². The van der Waals surface area contributed by atoms with E-state index >= 15 is 0 Å². The second-order valence-corrected chi connectivity index (χ2v) is 4.04. The van der Waals surface area contributed by atoms with E-state index in [0.717, 1.165) is 0 Å². The Morgan fingerprint density at radius 2 is 1.92 bits per heavy atom. The quantitative estimate of drug-likeness (QED) is 0.579. The maximum absolute atomic E-state index is 13.4. The second kappa shape index (κ2) is 2.85. The molecule has 0 N–H and O–H groups in total. The van der Waals surface area contributed by atoms with Crippen molar-refractivity contribution in [2.75, 3.05) is 0 Å². The summed E-state index contributed by atoms with van der Waals surface area (Å²) in [6.45, 7) is 7.62. The molecule has 0 amide bonds. The third kappa shape index (κ3) is 1.63. The van der Waals surface area contributed by atoms with Crippen LogP contribution in [-0.4, -0.2) is 4.98 Å². The van der Waals surface area contributed by atoms with Crippen LogP contribution >= 0.6 is 0 Å². The van der Waals surface area contributed by atoms with Crippen LogP contribution < -0.4 is 0 Å². The first-order valence-corrected chi connectivity index (χ1v) is 4.04. The summed E-state index contributed by atoms with van der Waals surface area (Å²) in [4.78, 5) is 4.04. The molecular weight excluding hydrogens is 153 g/mol. The zero-order chi connectivity index (χ0) is 9.35. The SMILES string of the molecule is Cc1ccnc(C(C)(C)C)c1F. The van der Waals surface area contributed by atoms with E-state index in [0.29, 0.717) is 11.3 Å². The summed E-state index contributed by atoms with van der Waals surface area (Å²) in [6, 6.07) is 1.69. The average molecular weight is 167 g/mol.